The molecule has 1 aromatic heterocycles. The predicted octanol–water partition coefficient (Wildman–Crippen LogP) is 2.84. The van der Waals surface area contributed by atoms with Gasteiger partial charge in [0.1, 0.15) is 11.9 Å². The summed E-state index contributed by atoms with van der Waals surface area (Å²) in [5, 5.41) is 3.17. The van der Waals surface area contributed by atoms with Crippen LogP contribution in [0.2, 0.25) is 5.02 Å². The third-order valence-electron chi connectivity index (χ3n) is 4.07. The molecule has 0 unspecified atom stereocenters. The molecule has 0 radical (unpaired) electrons. The van der Waals surface area contributed by atoms with Gasteiger partial charge >= 0.3 is 0 Å². The molecular formula is C17H18ClN3O3S. The number of sulfonamides is 1. The second-order valence-corrected chi connectivity index (χ2v) is 8.21. The van der Waals surface area contributed by atoms with E-state index >= 15 is 0 Å². The zero-order valence-electron chi connectivity index (χ0n) is 13.6. The molecule has 1 amide bonds. The summed E-state index contributed by atoms with van der Waals surface area (Å²) in [6.45, 7) is 2.13. The van der Waals surface area contributed by atoms with Crippen LogP contribution in [-0.4, -0.2) is 36.2 Å². The standard InChI is InChI=1S/C17H18ClN3O3S/c1-12-4-2-6-16(19-12)20-17(22)15-5-3-11-21(15)25(23,24)14-9-7-13(18)8-10-14/h2,4,6-10,15H,3,5,11H2,1H3,(H,19,20,22)/t15-/m1/s1. The Morgan fingerprint density at radius 2 is 1.96 bits per heavy atom. The van der Waals surface area contributed by atoms with Crippen LogP contribution < -0.4 is 5.32 Å². The molecule has 1 fully saturated rings. The van der Waals surface area contributed by atoms with Crippen LogP contribution in [0.4, 0.5) is 5.82 Å². The van der Waals surface area contributed by atoms with Crippen LogP contribution >= 0.6 is 11.6 Å². The number of aromatic nitrogens is 1. The second kappa shape index (κ2) is 7.11. The van der Waals surface area contributed by atoms with E-state index in [1.54, 1.807) is 12.1 Å². The summed E-state index contributed by atoms with van der Waals surface area (Å²) >= 11 is 5.82. The zero-order chi connectivity index (χ0) is 18.0. The average Bonchev–Trinajstić information content (AvgIpc) is 3.06. The van der Waals surface area contributed by atoms with Gasteiger partial charge in [-0.1, -0.05) is 17.7 Å². The summed E-state index contributed by atoms with van der Waals surface area (Å²) in [5.41, 5.74) is 0.773. The molecular weight excluding hydrogens is 362 g/mol. The lowest BCUT2D eigenvalue weighted by atomic mass is 10.2. The Balaban J connectivity index is 1.82. The Bertz CT molecular complexity index is 884. The Labute approximate surface area is 151 Å². The SMILES string of the molecule is Cc1cccc(NC(=O)[C@H]2CCCN2S(=O)(=O)c2ccc(Cl)cc2)n1. The molecule has 0 bridgehead atoms. The first-order chi connectivity index (χ1) is 11.9. The van der Waals surface area contributed by atoms with E-state index in [0.29, 0.717) is 30.2 Å². The number of hydrogen-bond acceptors (Lipinski definition) is 4. The molecule has 8 heteroatoms. The molecule has 0 spiro atoms. The summed E-state index contributed by atoms with van der Waals surface area (Å²) < 4.78 is 27.0. The molecule has 1 N–H and O–H groups in total. The molecule has 0 saturated carbocycles. The average molecular weight is 380 g/mol. The van der Waals surface area contributed by atoms with Gasteiger partial charge in [-0.3, -0.25) is 4.79 Å². The fourth-order valence-electron chi connectivity index (χ4n) is 2.85. The monoisotopic (exact) mass is 379 g/mol. The maximum Gasteiger partial charge on any atom is 0.243 e. The van der Waals surface area contributed by atoms with Crippen molar-refractivity contribution in [2.75, 3.05) is 11.9 Å². The first-order valence-electron chi connectivity index (χ1n) is 7.90. The molecule has 132 valence electrons. The normalized spacial score (nSPS) is 18.2. The first-order valence-corrected chi connectivity index (χ1v) is 9.72. The maximum atomic E-state index is 12.9. The van der Waals surface area contributed by atoms with Gasteiger partial charge in [0, 0.05) is 17.3 Å². The van der Waals surface area contributed by atoms with Crippen molar-refractivity contribution in [3.05, 3.63) is 53.2 Å². The summed E-state index contributed by atoms with van der Waals surface area (Å²) in [5.74, 6) is 0.0499. The van der Waals surface area contributed by atoms with E-state index in [1.165, 1.54) is 28.6 Å². The molecule has 3 rings (SSSR count). The van der Waals surface area contributed by atoms with Crippen molar-refractivity contribution in [1.82, 2.24) is 9.29 Å². The van der Waals surface area contributed by atoms with E-state index in [9.17, 15) is 13.2 Å². The van der Waals surface area contributed by atoms with Crippen LogP contribution in [0.25, 0.3) is 0 Å². The summed E-state index contributed by atoms with van der Waals surface area (Å²) in [7, 11) is -3.76. The Morgan fingerprint density at radius 3 is 2.64 bits per heavy atom. The van der Waals surface area contributed by atoms with Gasteiger partial charge in [0.2, 0.25) is 15.9 Å². The molecule has 0 aliphatic carbocycles. The van der Waals surface area contributed by atoms with Gasteiger partial charge in [-0.2, -0.15) is 4.31 Å². The molecule has 1 aromatic carbocycles. The van der Waals surface area contributed by atoms with Gasteiger partial charge in [-0.25, -0.2) is 13.4 Å². The van der Waals surface area contributed by atoms with Gasteiger partial charge in [0.15, 0.2) is 0 Å². The molecule has 1 aliphatic heterocycles. The van der Waals surface area contributed by atoms with E-state index < -0.39 is 16.1 Å². The molecule has 2 aromatic rings. The van der Waals surface area contributed by atoms with Gasteiger partial charge in [0.05, 0.1) is 4.90 Å². The molecule has 6 nitrogen and oxygen atoms in total. The van der Waals surface area contributed by atoms with Crippen molar-refractivity contribution in [3.63, 3.8) is 0 Å². The van der Waals surface area contributed by atoms with Crippen molar-refractivity contribution in [3.8, 4) is 0 Å². The number of halogens is 1. The van der Waals surface area contributed by atoms with Crippen LogP contribution in [0.1, 0.15) is 18.5 Å². The van der Waals surface area contributed by atoms with Crippen molar-refractivity contribution < 1.29 is 13.2 Å². The number of carbonyl (C=O) groups is 1. The number of hydrogen-bond donors (Lipinski definition) is 1. The van der Waals surface area contributed by atoms with Gasteiger partial charge in [0.25, 0.3) is 0 Å². The minimum atomic E-state index is -3.76. The topological polar surface area (TPSA) is 79.4 Å². The molecule has 2 heterocycles. The van der Waals surface area contributed by atoms with E-state index in [2.05, 4.69) is 10.3 Å². The molecule has 1 atom stereocenters. The van der Waals surface area contributed by atoms with Crippen molar-refractivity contribution in [2.45, 2.75) is 30.7 Å². The van der Waals surface area contributed by atoms with E-state index in [-0.39, 0.29) is 10.8 Å². The van der Waals surface area contributed by atoms with Crippen LogP contribution in [0.15, 0.2) is 47.4 Å². The maximum absolute atomic E-state index is 12.9. The lowest BCUT2D eigenvalue weighted by Crippen LogP contribution is -2.43. The van der Waals surface area contributed by atoms with Crippen LogP contribution in [-0.2, 0) is 14.8 Å². The van der Waals surface area contributed by atoms with Crippen molar-refractivity contribution >= 4 is 33.3 Å². The number of pyridine rings is 1. The number of aryl methyl sites for hydroxylation is 1. The quantitative estimate of drug-likeness (QED) is 0.885. The fourth-order valence-corrected chi connectivity index (χ4v) is 4.64. The summed E-state index contributed by atoms with van der Waals surface area (Å²) in [6, 6.07) is 10.5. The minimum absolute atomic E-state index is 0.130. The third-order valence-corrected chi connectivity index (χ3v) is 6.24. The fraction of sp³-hybridized carbons (Fsp3) is 0.294. The summed E-state index contributed by atoms with van der Waals surface area (Å²) in [4.78, 5) is 16.9. The number of nitrogens with zero attached hydrogens (tertiary/aromatic N) is 2. The van der Waals surface area contributed by atoms with Crippen molar-refractivity contribution in [1.29, 1.82) is 0 Å². The smallest absolute Gasteiger partial charge is 0.243 e. The van der Waals surface area contributed by atoms with Gasteiger partial charge in [-0.15, -0.1) is 0 Å². The molecule has 1 saturated heterocycles. The predicted molar refractivity (Wildman–Crippen MR) is 96.0 cm³/mol. The Morgan fingerprint density at radius 1 is 1.24 bits per heavy atom. The number of carbonyl (C=O) groups excluding carboxylic acids is 1. The second-order valence-electron chi connectivity index (χ2n) is 5.88. The third kappa shape index (κ3) is 3.84. The number of anilines is 1. The van der Waals surface area contributed by atoms with E-state index in [0.717, 1.165) is 5.69 Å². The highest BCUT2D eigenvalue weighted by atomic mass is 35.5. The van der Waals surface area contributed by atoms with Gasteiger partial charge < -0.3 is 5.32 Å². The van der Waals surface area contributed by atoms with Crippen LogP contribution in [0.3, 0.4) is 0 Å². The summed E-state index contributed by atoms with van der Waals surface area (Å²) in [6.07, 6.45) is 1.11. The highest BCUT2D eigenvalue weighted by molar-refractivity contribution is 7.89. The zero-order valence-corrected chi connectivity index (χ0v) is 15.2. The van der Waals surface area contributed by atoms with Crippen LogP contribution in [0.5, 0.6) is 0 Å². The number of benzene rings is 1. The minimum Gasteiger partial charge on any atom is -0.309 e. The van der Waals surface area contributed by atoms with Crippen molar-refractivity contribution in [2.24, 2.45) is 0 Å². The molecule has 1 aliphatic rings. The van der Waals surface area contributed by atoms with Crippen LogP contribution in [0, 0.1) is 6.92 Å². The highest BCUT2D eigenvalue weighted by Crippen LogP contribution is 2.27. The van der Waals surface area contributed by atoms with E-state index in [4.69, 9.17) is 11.6 Å². The lowest BCUT2D eigenvalue weighted by molar-refractivity contribution is -0.119. The number of nitrogens with one attached hydrogen (secondary N) is 1. The van der Waals surface area contributed by atoms with E-state index in [1.807, 2.05) is 13.0 Å². The Kier molecular flexibility index (Phi) is 5.08. The number of amides is 1. The Hall–Kier alpha value is -1.96. The number of rotatable bonds is 4. The first kappa shape index (κ1) is 17.8. The largest absolute Gasteiger partial charge is 0.309 e. The van der Waals surface area contributed by atoms with Gasteiger partial charge in [-0.05, 0) is 56.2 Å². The lowest BCUT2D eigenvalue weighted by Gasteiger charge is -2.23. The highest BCUT2D eigenvalue weighted by Gasteiger charge is 2.39. The molecule has 25 heavy (non-hydrogen) atoms.